The van der Waals surface area contributed by atoms with Gasteiger partial charge < -0.3 is 0 Å². The Bertz CT molecular complexity index is 440. The van der Waals surface area contributed by atoms with Gasteiger partial charge in [-0.25, -0.2) is 0 Å². The van der Waals surface area contributed by atoms with Gasteiger partial charge >= 0.3 is 0 Å². The van der Waals surface area contributed by atoms with Crippen LogP contribution in [0, 0.1) is 10.1 Å². The minimum absolute atomic E-state index is 0.299. The highest BCUT2D eigenvalue weighted by molar-refractivity contribution is 5.65. The van der Waals surface area contributed by atoms with Crippen molar-refractivity contribution >= 4 is 11.8 Å². The fourth-order valence-electron chi connectivity index (χ4n) is 1.38. The first-order chi connectivity index (χ1) is 6.50. The fourth-order valence-corrected chi connectivity index (χ4v) is 1.38. The topological polar surface area (TPSA) is 43.1 Å². The lowest BCUT2D eigenvalue weighted by Gasteiger charge is -2.08. The third-order valence-electron chi connectivity index (χ3n) is 2.08. The van der Waals surface area contributed by atoms with Crippen molar-refractivity contribution in [1.29, 1.82) is 0 Å². The number of benzene rings is 1. The van der Waals surface area contributed by atoms with Crippen LogP contribution in [0.3, 0.4) is 0 Å². The molecule has 1 aliphatic carbocycles. The lowest BCUT2D eigenvalue weighted by Crippen LogP contribution is -2.06. The van der Waals surface area contributed by atoms with Gasteiger partial charge in [0.05, 0.1) is 4.92 Å². The van der Waals surface area contributed by atoms with Crippen LogP contribution >= 0.6 is 0 Å². The number of non-ortho nitro benzene ring substituents is 1. The maximum Gasteiger partial charge on any atom is 0.292 e. The third kappa shape index (κ3) is 1.17. The van der Waals surface area contributed by atoms with E-state index >= 15 is 0 Å². The smallest absolute Gasteiger partial charge is 0.258 e. The molecule has 0 atom stereocenters. The number of hydrogen-bond donors (Lipinski definition) is 0. The van der Waals surface area contributed by atoms with Crippen LogP contribution in [0.5, 0.6) is 0 Å². The summed E-state index contributed by atoms with van der Waals surface area (Å²) in [4.78, 5) is 9.67. The summed E-state index contributed by atoms with van der Waals surface area (Å²) < 4.78 is 26.1. The van der Waals surface area contributed by atoms with Crippen molar-refractivity contribution in [2.75, 3.05) is 0 Å². The zero-order valence-electron chi connectivity index (χ0n) is 6.91. The fraction of sp³-hybridized carbons (Fsp3) is 0.111. The first-order valence-electron chi connectivity index (χ1n) is 3.87. The van der Waals surface area contributed by atoms with Gasteiger partial charge in [-0.1, -0.05) is 6.08 Å². The summed E-state index contributed by atoms with van der Waals surface area (Å²) in [5.74, 6) is -3.08. The highest BCUT2D eigenvalue weighted by Gasteiger charge is 2.35. The van der Waals surface area contributed by atoms with Crippen LogP contribution in [0.4, 0.5) is 14.5 Å². The Morgan fingerprint density at radius 1 is 1.36 bits per heavy atom. The summed E-state index contributed by atoms with van der Waals surface area (Å²) in [5.41, 5.74) is -0.278. The molecular formula is C9H5F2NO2. The van der Waals surface area contributed by atoms with E-state index < -0.39 is 10.8 Å². The van der Waals surface area contributed by atoms with Gasteiger partial charge in [0.25, 0.3) is 11.6 Å². The van der Waals surface area contributed by atoms with Crippen molar-refractivity contribution in [3.05, 3.63) is 45.5 Å². The number of nitro groups is 1. The Morgan fingerprint density at radius 2 is 2.07 bits per heavy atom. The zero-order chi connectivity index (χ0) is 10.3. The number of nitro benzene ring substituents is 1. The van der Waals surface area contributed by atoms with Crippen LogP contribution < -0.4 is 0 Å². The van der Waals surface area contributed by atoms with Gasteiger partial charge in [-0.2, -0.15) is 8.78 Å². The number of rotatable bonds is 1. The molecule has 3 nitrogen and oxygen atoms in total. The van der Waals surface area contributed by atoms with Crippen LogP contribution in [0.2, 0.25) is 0 Å². The number of halogens is 2. The summed E-state index contributed by atoms with van der Waals surface area (Å²) in [5, 5.41) is 10.4. The van der Waals surface area contributed by atoms with E-state index in [0.717, 1.165) is 12.1 Å². The molecule has 0 spiro atoms. The normalized spacial score (nSPS) is 16.7. The SMILES string of the molecule is O=[N+]([O-])c1ccc2c(c1)C(F)(F)C=C2. The second-order valence-electron chi connectivity index (χ2n) is 2.98. The lowest BCUT2D eigenvalue weighted by molar-refractivity contribution is -0.385. The van der Waals surface area contributed by atoms with Crippen LogP contribution in [0.25, 0.3) is 6.08 Å². The Morgan fingerprint density at radius 3 is 2.71 bits per heavy atom. The van der Waals surface area contributed by atoms with Crippen molar-refractivity contribution in [1.82, 2.24) is 0 Å². The van der Waals surface area contributed by atoms with E-state index in [0.29, 0.717) is 5.56 Å². The van der Waals surface area contributed by atoms with Gasteiger partial charge in [0.2, 0.25) is 0 Å². The van der Waals surface area contributed by atoms with E-state index in [1.165, 1.54) is 18.2 Å². The van der Waals surface area contributed by atoms with E-state index in [1.807, 2.05) is 0 Å². The van der Waals surface area contributed by atoms with Crippen LogP contribution in [0.1, 0.15) is 11.1 Å². The molecule has 0 N–H and O–H groups in total. The van der Waals surface area contributed by atoms with E-state index in [2.05, 4.69) is 0 Å². The van der Waals surface area contributed by atoms with Crippen molar-refractivity contribution in [2.24, 2.45) is 0 Å². The predicted octanol–water partition coefficient (Wildman–Crippen LogP) is 2.71. The number of fused-ring (bicyclic) bond motifs is 1. The summed E-state index contributed by atoms with van der Waals surface area (Å²) >= 11 is 0. The summed E-state index contributed by atoms with van der Waals surface area (Å²) in [7, 11) is 0. The summed E-state index contributed by atoms with van der Waals surface area (Å²) in [6.07, 6.45) is 2.00. The molecule has 0 fully saturated rings. The first kappa shape index (κ1) is 8.80. The van der Waals surface area contributed by atoms with Crippen LogP contribution in [-0.2, 0) is 5.92 Å². The average molecular weight is 197 g/mol. The molecule has 0 radical (unpaired) electrons. The minimum atomic E-state index is -3.08. The molecule has 0 unspecified atom stereocenters. The van der Waals surface area contributed by atoms with E-state index in [9.17, 15) is 18.9 Å². The number of alkyl halides is 2. The molecule has 2 rings (SSSR count). The largest absolute Gasteiger partial charge is 0.292 e. The lowest BCUT2D eigenvalue weighted by atomic mass is 10.1. The molecule has 1 aromatic carbocycles. The predicted molar refractivity (Wildman–Crippen MR) is 46.0 cm³/mol. The highest BCUT2D eigenvalue weighted by Crippen LogP contribution is 2.39. The van der Waals surface area contributed by atoms with Gasteiger partial charge in [0.1, 0.15) is 0 Å². The van der Waals surface area contributed by atoms with E-state index in [-0.39, 0.29) is 11.3 Å². The second kappa shape index (κ2) is 2.60. The average Bonchev–Trinajstić information content (AvgIpc) is 2.42. The Labute approximate surface area is 77.8 Å². The quantitative estimate of drug-likeness (QED) is 0.513. The highest BCUT2D eigenvalue weighted by atomic mass is 19.3. The molecule has 14 heavy (non-hydrogen) atoms. The maximum atomic E-state index is 13.1. The van der Waals surface area contributed by atoms with Crippen molar-refractivity contribution in [2.45, 2.75) is 5.92 Å². The third-order valence-corrected chi connectivity index (χ3v) is 2.08. The number of nitrogens with zero attached hydrogens (tertiary/aromatic N) is 1. The molecule has 0 aliphatic heterocycles. The standard InChI is InChI=1S/C9H5F2NO2/c10-9(11)4-3-6-1-2-7(12(13)14)5-8(6)9/h1-5H. The molecule has 0 heterocycles. The molecule has 0 bridgehead atoms. The van der Waals surface area contributed by atoms with Gasteiger partial charge in [-0.3, -0.25) is 10.1 Å². The van der Waals surface area contributed by atoms with Gasteiger partial charge in [-0.15, -0.1) is 0 Å². The maximum absolute atomic E-state index is 13.1. The number of hydrogen-bond acceptors (Lipinski definition) is 2. The van der Waals surface area contributed by atoms with Gasteiger partial charge in [0, 0.05) is 17.7 Å². The Kier molecular flexibility index (Phi) is 1.64. The first-order valence-corrected chi connectivity index (χ1v) is 3.87. The van der Waals surface area contributed by atoms with Crippen molar-refractivity contribution in [3.63, 3.8) is 0 Å². The molecular weight excluding hydrogens is 192 g/mol. The molecule has 0 amide bonds. The molecule has 5 heteroatoms. The van der Waals surface area contributed by atoms with Crippen molar-refractivity contribution < 1.29 is 13.7 Å². The Balaban J connectivity index is 2.57. The second-order valence-corrected chi connectivity index (χ2v) is 2.98. The van der Waals surface area contributed by atoms with E-state index in [4.69, 9.17) is 0 Å². The van der Waals surface area contributed by atoms with Gasteiger partial charge in [-0.05, 0) is 17.7 Å². The molecule has 0 saturated carbocycles. The minimum Gasteiger partial charge on any atom is -0.258 e. The van der Waals surface area contributed by atoms with Crippen LogP contribution in [0.15, 0.2) is 24.3 Å². The molecule has 72 valence electrons. The molecule has 1 aromatic rings. The molecule has 1 aliphatic rings. The summed E-state index contributed by atoms with van der Waals surface area (Å²) in [6, 6.07) is 3.45. The summed E-state index contributed by atoms with van der Waals surface area (Å²) in [6.45, 7) is 0. The Hall–Kier alpha value is -1.78. The molecule has 0 saturated heterocycles. The number of allylic oxidation sites excluding steroid dienone is 1. The monoisotopic (exact) mass is 197 g/mol. The van der Waals surface area contributed by atoms with Gasteiger partial charge in [0.15, 0.2) is 0 Å². The zero-order valence-corrected chi connectivity index (χ0v) is 6.91. The van der Waals surface area contributed by atoms with Crippen LogP contribution in [-0.4, -0.2) is 4.92 Å². The van der Waals surface area contributed by atoms with Crippen molar-refractivity contribution in [3.8, 4) is 0 Å². The molecule has 0 aromatic heterocycles. The van der Waals surface area contributed by atoms with E-state index in [1.54, 1.807) is 0 Å².